The molecule has 0 aromatic heterocycles. The van der Waals surface area contributed by atoms with E-state index in [1.54, 1.807) is 6.92 Å². The molecule has 0 saturated heterocycles. The topological polar surface area (TPSA) is 86.5 Å². The summed E-state index contributed by atoms with van der Waals surface area (Å²) in [6.45, 7) is 1.80. The van der Waals surface area contributed by atoms with Crippen LogP contribution in [-0.4, -0.2) is 23.6 Å². The quantitative estimate of drug-likeness (QED) is 0.573. The predicted molar refractivity (Wildman–Crippen MR) is 73.8 cm³/mol. The van der Waals surface area contributed by atoms with E-state index in [2.05, 4.69) is 0 Å². The zero-order valence-corrected chi connectivity index (χ0v) is 11.5. The monoisotopic (exact) mass is 277 g/mol. The molecule has 1 aromatic rings. The number of rotatable bonds is 8. The summed E-state index contributed by atoms with van der Waals surface area (Å²) in [4.78, 5) is 34.2. The highest BCUT2D eigenvalue weighted by Crippen LogP contribution is 2.04. The van der Waals surface area contributed by atoms with Gasteiger partial charge in [0.25, 0.3) is 0 Å². The van der Waals surface area contributed by atoms with Gasteiger partial charge in [0.1, 0.15) is 24.2 Å². The maximum absolute atomic E-state index is 11.6. The molecule has 0 amide bonds. The zero-order chi connectivity index (χ0) is 15.0. The molecule has 2 N–H and O–H groups in total. The molecule has 0 aliphatic heterocycles. The Labute approximate surface area is 118 Å². The minimum Gasteiger partial charge on any atom is -0.460 e. The normalized spacial score (nSPS) is 11.7. The number of Topliss-reactive ketones (excluding diaryl/α,β-unsaturated/α-hetero) is 2. The van der Waals surface area contributed by atoms with Crippen LogP contribution in [0.25, 0.3) is 0 Å². The number of hydrogen-bond donors (Lipinski definition) is 1. The van der Waals surface area contributed by atoms with E-state index in [1.807, 2.05) is 30.3 Å². The van der Waals surface area contributed by atoms with Crippen molar-refractivity contribution >= 4 is 17.5 Å². The Morgan fingerprint density at radius 3 is 2.40 bits per heavy atom. The van der Waals surface area contributed by atoms with Gasteiger partial charge >= 0.3 is 5.97 Å². The van der Waals surface area contributed by atoms with Crippen molar-refractivity contribution in [3.63, 3.8) is 0 Å². The van der Waals surface area contributed by atoms with E-state index in [-0.39, 0.29) is 31.0 Å². The van der Waals surface area contributed by atoms with E-state index in [1.165, 1.54) is 0 Å². The third-order valence-electron chi connectivity index (χ3n) is 2.76. The van der Waals surface area contributed by atoms with Gasteiger partial charge in [0, 0.05) is 12.8 Å². The molecule has 1 aromatic carbocycles. The average Bonchev–Trinajstić information content (AvgIpc) is 2.45. The molecule has 0 heterocycles. The first-order valence-corrected chi connectivity index (χ1v) is 6.52. The van der Waals surface area contributed by atoms with Crippen LogP contribution in [0.15, 0.2) is 30.3 Å². The molecular formula is C15H19NO4. The molecule has 5 heteroatoms. The van der Waals surface area contributed by atoms with Crippen LogP contribution in [0.2, 0.25) is 0 Å². The summed E-state index contributed by atoms with van der Waals surface area (Å²) < 4.78 is 5.02. The largest absolute Gasteiger partial charge is 0.460 e. The molecule has 0 radical (unpaired) electrons. The molecule has 0 aliphatic carbocycles. The molecule has 1 unspecified atom stereocenters. The van der Waals surface area contributed by atoms with Gasteiger partial charge in [0.2, 0.25) is 0 Å². The minimum atomic E-state index is -1.02. The van der Waals surface area contributed by atoms with Crippen molar-refractivity contribution in [2.45, 2.75) is 38.8 Å². The average molecular weight is 277 g/mol. The van der Waals surface area contributed by atoms with Crippen molar-refractivity contribution in [1.29, 1.82) is 0 Å². The Morgan fingerprint density at radius 2 is 1.80 bits per heavy atom. The summed E-state index contributed by atoms with van der Waals surface area (Å²) in [5, 5.41) is 0. The van der Waals surface area contributed by atoms with Crippen molar-refractivity contribution in [3.05, 3.63) is 35.9 Å². The summed E-state index contributed by atoms with van der Waals surface area (Å²) >= 11 is 0. The zero-order valence-electron chi connectivity index (χ0n) is 11.5. The van der Waals surface area contributed by atoms with Gasteiger partial charge in [-0.25, -0.2) is 0 Å². The smallest absolute Gasteiger partial charge is 0.323 e. The number of hydrogen-bond acceptors (Lipinski definition) is 5. The summed E-state index contributed by atoms with van der Waals surface area (Å²) in [7, 11) is 0. The molecule has 0 aliphatic rings. The van der Waals surface area contributed by atoms with Crippen LogP contribution in [-0.2, 0) is 25.7 Å². The number of ether oxygens (including phenoxy) is 1. The molecule has 0 spiro atoms. The van der Waals surface area contributed by atoms with Crippen LogP contribution in [0, 0.1) is 0 Å². The van der Waals surface area contributed by atoms with Gasteiger partial charge in [-0.15, -0.1) is 0 Å². The molecular weight excluding hydrogens is 258 g/mol. The van der Waals surface area contributed by atoms with E-state index in [9.17, 15) is 14.4 Å². The first-order chi connectivity index (χ1) is 9.52. The molecule has 0 fully saturated rings. The predicted octanol–water partition coefficient (Wildman–Crippen LogP) is 1.39. The second kappa shape index (κ2) is 8.22. The van der Waals surface area contributed by atoms with Crippen LogP contribution in [0.1, 0.15) is 31.7 Å². The van der Waals surface area contributed by atoms with E-state index in [0.717, 1.165) is 5.56 Å². The number of nitrogens with two attached hydrogens (primary N) is 1. The van der Waals surface area contributed by atoms with Gasteiger partial charge in [-0.1, -0.05) is 37.3 Å². The molecule has 108 valence electrons. The molecule has 5 nitrogen and oxygen atoms in total. The second-order valence-corrected chi connectivity index (χ2v) is 4.51. The van der Waals surface area contributed by atoms with Gasteiger partial charge in [-0.2, -0.15) is 0 Å². The van der Waals surface area contributed by atoms with Crippen LogP contribution < -0.4 is 5.73 Å². The van der Waals surface area contributed by atoms with Gasteiger partial charge in [-0.05, 0) is 5.56 Å². The van der Waals surface area contributed by atoms with Gasteiger partial charge < -0.3 is 10.5 Å². The van der Waals surface area contributed by atoms with Crippen molar-refractivity contribution in [2.24, 2.45) is 5.73 Å². The lowest BCUT2D eigenvalue weighted by atomic mass is 10.1. The number of carbonyl (C=O) groups excluding carboxylic acids is 3. The van der Waals surface area contributed by atoms with Crippen molar-refractivity contribution < 1.29 is 19.1 Å². The Balaban J connectivity index is 2.35. The van der Waals surface area contributed by atoms with Crippen LogP contribution >= 0.6 is 0 Å². The SMILES string of the molecule is CCC(=O)CC(=O)CC(N)C(=O)OCc1ccccc1. The van der Waals surface area contributed by atoms with Crippen molar-refractivity contribution in [1.82, 2.24) is 0 Å². The van der Waals surface area contributed by atoms with Gasteiger partial charge in [0.15, 0.2) is 0 Å². The summed E-state index contributed by atoms with van der Waals surface area (Å²) in [6, 6.07) is 8.16. The first kappa shape index (κ1) is 16.0. The Bertz CT molecular complexity index is 470. The van der Waals surface area contributed by atoms with Gasteiger partial charge in [0.05, 0.1) is 6.42 Å². The van der Waals surface area contributed by atoms with E-state index in [4.69, 9.17) is 10.5 Å². The lowest BCUT2D eigenvalue weighted by Crippen LogP contribution is -2.34. The number of ketones is 2. The van der Waals surface area contributed by atoms with E-state index in [0.29, 0.717) is 6.42 Å². The van der Waals surface area contributed by atoms with Crippen LogP contribution in [0.5, 0.6) is 0 Å². The lowest BCUT2D eigenvalue weighted by Gasteiger charge is -2.10. The maximum Gasteiger partial charge on any atom is 0.323 e. The molecule has 0 saturated carbocycles. The summed E-state index contributed by atoms with van der Waals surface area (Å²) in [5.74, 6) is -1.12. The fourth-order valence-electron chi connectivity index (χ4n) is 1.58. The third kappa shape index (κ3) is 5.75. The fraction of sp³-hybridized carbons (Fsp3) is 0.400. The lowest BCUT2D eigenvalue weighted by molar-refractivity contribution is -0.148. The molecule has 0 bridgehead atoms. The van der Waals surface area contributed by atoms with E-state index < -0.39 is 12.0 Å². The summed E-state index contributed by atoms with van der Waals surface area (Å²) in [5.41, 5.74) is 6.44. The third-order valence-corrected chi connectivity index (χ3v) is 2.76. The molecule has 1 atom stereocenters. The van der Waals surface area contributed by atoms with Crippen LogP contribution in [0.3, 0.4) is 0 Å². The standard InChI is InChI=1S/C15H19NO4/c1-2-12(17)8-13(18)9-14(16)15(19)20-10-11-6-4-3-5-7-11/h3-7,14H,2,8-10,16H2,1H3. The van der Waals surface area contributed by atoms with Crippen molar-refractivity contribution in [2.75, 3.05) is 0 Å². The first-order valence-electron chi connectivity index (χ1n) is 6.52. The molecule has 1 rings (SSSR count). The van der Waals surface area contributed by atoms with E-state index >= 15 is 0 Å². The van der Waals surface area contributed by atoms with Crippen LogP contribution in [0.4, 0.5) is 0 Å². The molecule has 20 heavy (non-hydrogen) atoms. The highest BCUT2D eigenvalue weighted by molar-refractivity contribution is 6.00. The summed E-state index contributed by atoms with van der Waals surface area (Å²) in [6.07, 6.45) is -0.0328. The fourth-order valence-corrected chi connectivity index (χ4v) is 1.58. The highest BCUT2D eigenvalue weighted by Gasteiger charge is 2.20. The maximum atomic E-state index is 11.6. The second-order valence-electron chi connectivity index (χ2n) is 4.51. The number of carbonyl (C=O) groups is 3. The number of esters is 1. The Morgan fingerprint density at radius 1 is 1.15 bits per heavy atom. The number of benzene rings is 1. The minimum absolute atomic E-state index is 0.120. The van der Waals surface area contributed by atoms with Crippen molar-refractivity contribution in [3.8, 4) is 0 Å². The Kier molecular flexibility index (Phi) is 6.59. The van der Waals surface area contributed by atoms with Gasteiger partial charge in [-0.3, -0.25) is 14.4 Å². The highest BCUT2D eigenvalue weighted by atomic mass is 16.5. The Hall–Kier alpha value is -2.01.